The minimum atomic E-state index is -0.616. The molecule has 0 unspecified atom stereocenters. The van der Waals surface area contributed by atoms with Gasteiger partial charge in [0.25, 0.3) is 11.6 Å². The van der Waals surface area contributed by atoms with Gasteiger partial charge in [0.05, 0.1) is 12.0 Å². The number of esters is 1. The molecule has 25 heavy (non-hydrogen) atoms. The zero-order valence-electron chi connectivity index (χ0n) is 13.4. The number of nitro benzene ring substituents is 1. The average Bonchev–Trinajstić information content (AvgIpc) is 2.64. The van der Waals surface area contributed by atoms with Crippen LogP contribution in [0.5, 0.6) is 5.75 Å². The number of carbonyl (C=O) groups is 2. The van der Waals surface area contributed by atoms with E-state index in [2.05, 4.69) is 5.32 Å². The van der Waals surface area contributed by atoms with Gasteiger partial charge in [-0.25, -0.2) is 0 Å². The molecule has 8 nitrogen and oxygen atoms in total. The second-order valence-electron chi connectivity index (χ2n) is 5.00. The zero-order chi connectivity index (χ0) is 18.2. The first kappa shape index (κ1) is 17.9. The third kappa shape index (κ3) is 5.31. The topological polar surface area (TPSA) is 108 Å². The van der Waals surface area contributed by atoms with Crippen LogP contribution in [0.15, 0.2) is 48.5 Å². The fourth-order valence-corrected chi connectivity index (χ4v) is 1.95. The molecule has 2 rings (SSSR count). The van der Waals surface area contributed by atoms with Crippen LogP contribution in [0.2, 0.25) is 0 Å². The number of hydrogen-bond donors (Lipinski definition) is 1. The van der Waals surface area contributed by atoms with Crippen molar-refractivity contribution in [3.05, 3.63) is 69.8 Å². The Hall–Kier alpha value is -3.42. The molecule has 0 spiro atoms. The first-order valence-electron chi connectivity index (χ1n) is 7.31. The number of nitro groups is 1. The Kier molecular flexibility index (Phi) is 6.05. The highest BCUT2D eigenvalue weighted by atomic mass is 16.6. The predicted molar refractivity (Wildman–Crippen MR) is 88.2 cm³/mol. The number of amides is 1. The Morgan fingerprint density at radius 1 is 1.16 bits per heavy atom. The molecule has 0 heterocycles. The van der Waals surface area contributed by atoms with Crippen molar-refractivity contribution in [3.63, 3.8) is 0 Å². The number of rotatable bonds is 7. The molecule has 0 atom stereocenters. The molecule has 1 amide bonds. The first-order chi connectivity index (χ1) is 12.0. The van der Waals surface area contributed by atoms with E-state index in [4.69, 9.17) is 9.47 Å². The monoisotopic (exact) mass is 344 g/mol. The SMILES string of the molecule is COc1cccc(C(=O)NCC(=O)OCc2ccc([N+](=O)[O-])cc2)c1. The Labute approximate surface area is 143 Å². The normalized spacial score (nSPS) is 9.96. The van der Waals surface area contributed by atoms with E-state index < -0.39 is 16.8 Å². The number of hydrogen-bond acceptors (Lipinski definition) is 6. The molecule has 0 saturated heterocycles. The number of benzene rings is 2. The molecule has 0 saturated carbocycles. The van der Waals surface area contributed by atoms with Crippen LogP contribution in [0.1, 0.15) is 15.9 Å². The van der Waals surface area contributed by atoms with E-state index in [1.165, 1.54) is 31.4 Å². The molecule has 2 aromatic carbocycles. The number of nitrogens with zero attached hydrogens (tertiary/aromatic N) is 1. The molecular formula is C17H16N2O6. The van der Waals surface area contributed by atoms with Crippen LogP contribution >= 0.6 is 0 Å². The summed E-state index contributed by atoms with van der Waals surface area (Å²) in [5, 5.41) is 13.0. The van der Waals surface area contributed by atoms with E-state index in [0.29, 0.717) is 16.9 Å². The molecule has 1 N–H and O–H groups in total. The van der Waals surface area contributed by atoms with Gasteiger partial charge in [0.2, 0.25) is 0 Å². The molecule has 0 aliphatic heterocycles. The fourth-order valence-electron chi connectivity index (χ4n) is 1.95. The molecule has 0 aromatic heterocycles. The number of methoxy groups -OCH3 is 1. The van der Waals surface area contributed by atoms with E-state index in [-0.39, 0.29) is 18.8 Å². The molecule has 0 radical (unpaired) electrons. The largest absolute Gasteiger partial charge is 0.497 e. The lowest BCUT2D eigenvalue weighted by Crippen LogP contribution is -2.30. The number of ether oxygens (including phenoxy) is 2. The van der Waals surface area contributed by atoms with Gasteiger partial charge in [-0.2, -0.15) is 0 Å². The predicted octanol–water partition coefficient (Wildman–Crippen LogP) is 2.08. The minimum absolute atomic E-state index is 0.0359. The van der Waals surface area contributed by atoms with Crippen molar-refractivity contribution in [2.24, 2.45) is 0 Å². The van der Waals surface area contributed by atoms with Gasteiger partial charge in [0, 0.05) is 17.7 Å². The highest BCUT2D eigenvalue weighted by molar-refractivity contribution is 5.96. The van der Waals surface area contributed by atoms with Gasteiger partial charge in [0.1, 0.15) is 18.9 Å². The summed E-state index contributed by atoms with van der Waals surface area (Å²) in [5.41, 5.74) is 0.932. The van der Waals surface area contributed by atoms with Crippen molar-refractivity contribution in [2.75, 3.05) is 13.7 Å². The van der Waals surface area contributed by atoms with Gasteiger partial charge in [-0.1, -0.05) is 6.07 Å². The van der Waals surface area contributed by atoms with Crippen molar-refractivity contribution in [2.45, 2.75) is 6.61 Å². The summed E-state index contributed by atoms with van der Waals surface area (Å²) < 4.78 is 10.0. The molecule has 0 aliphatic rings. The van der Waals surface area contributed by atoms with E-state index in [1.807, 2.05) is 0 Å². The van der Waals surface area contributed by atoms with Gasteiger partial charge >= 0.3 is 5.97 Å². The molecule has 8 heteroatoms. The Morgan fingerprint density at radius 2 is 1.88 bits per heavy atom. The summed E-state index contributed by atoms with van der Waals surface area (Å²) in [6.07, 6.45) is 0. The summed E-state index contributed by atoms with van der Waals surface area (Å²) in [7, 11) is 1.49. The number of carbonyl (C=O) groups excluding carboxylic acids is 2. The van der Waals surface area contributed by atoms with Crippen LogP contribution in [0, 0.1) is 10.1 Å². The highest BCUT2D eigenvalue weighted by Gasteiger charge is 2.10. The summed E-state index contributed by atoms with van der Waals surface area (Å²) in [5.74, 6) is -0.505. The zero-order valence-corrected chi connectivity index (χ0v) is 13.4. The van der Waals surface area contributed by atoms with Crippen molar-refractivity contribution in [1.82, 2.24) is 5.32 Å². The lowest BCUT2D eigenvalue weighted by Gasteiger charge is -2.07. The number of nitrogens with one attached hydrogen (secondary N) is 1. The maximum absolute atomic E-state index is 12.0. The van der Waals surface area contributed by atoms with Crippen molar-refractivity contribution in [1.29, 1.82) is 0 Å². The minimum Gasteiger partial charge on any atom is -0.497 e. The Bertz CT molecular complexity index is 773. The summed E-state index contributed by atoms with van der Waals surface area (Å²) in [6.45, 7) is -0.325. The Morgan fingerprint density at radius 3 is 2.52 bits per heavy atom. The molecule has 0 fully saturated rings. The molecule has 2 aromatic rings. The van der Waals surface area contributed by atoms with E-state index >= 15 is 0 Å². The molecule has 0 bridgehead atoms. The van der Waals surface area contributed by atoms with Gasteiger partial charge < -0.3 is 14.8 Å². The summed E-state index contributed by atoms with van der Waals surface area (Å²) >= 11 is 0. The van der Waals surface area contributed by atoms with Crippen LogP contribution in [0.3, 0.4) is 0 Å². The van der Waals surface area contributed by atoms with Gasteiger partial charge in [0.15, 0.2) is 0 Å². The quantitative estimate of drug-likeness (QED) is 0.468. The Balaban J connectivity index is 1.80. The second kappa shape index (κ2) is 8.44. The van der Waals surface area contributed by atoms with Crippen molar-refractivity contribution < 1.29 is 24.0 Å². The second-order valence-corrected chi connectivity index (χ2v) is 5.00. The van der Waals surface area contributed by atoms with Crippen molar-refractivity contribution in [3.8, 4) is 5.75 Å². The summed E-state index contributed by atoms with van der Waals surface area (Å²) in [6, 6.07) is 12.2. The van der Waals surface area contributed by atoms with Crippen molar-refractivity contribution >= 4 is 17.6 Å². The maximum Gasteiger partial charge on any atom is 0.325 e. The van der Waals surface area contributed by atoms with Crippen LogP contribution < -0.4 is 10.1 Å². The van der Waals surface area contributed by atoms with E-state index in [1.54, 1.807) is 24.3 Å². The molecule has 0 aliphatic carbocycles. The fraction of sp³-hybridized carbons (Fsp3) is 0.176. The average molecular weight is 344 g/mol. The maximum atomic E-state index is 12.0. The van der Waals surface area contributed by atoms with Crippen LogP contribution in [0.25, 0.3) is 0 Å². The third-order valence-corrected chi connectivity index (χ3v) is 3.27. The molecular weight excluding hydrogens is 328 g/mol. The van der Waals surface area contributed by atoms with Crippen LogP contribution in [-0.2, 0) is 16.1 Å². The number of non-ortho nitro benzene ring substituents is 1. The van der Waals surface area contributed by atoms with Gasteiger partial charge in [-0.15, -0.1) is 0 Å². The third-order valence-electron chi connectivity index (χ3n) is 3.27. The smallest absolute Gasteiger partial charge is 0.325 e. The lowest BCUT2D eigenvalue weighted by atomic mass is 10.2. The van der Waals surface area contributed by atoms with Gasteiger partial charge in [-0.05, 0) is 35.9 Å². The lowest BCUT2D eigenvalue weighted by molar-refractivity contribution is -0.384. The highest BCUT2D eigenvalue weighted by Crippen LogP contribution is 2.13. The van der Waals surface area contributed by atoms with Gasteiger partial charge in [-0.3, -0.25) is 19.7 Å². The van der Waals surface area contributed by atoms with E-state index in [0.717, 1.165) is 0 Å². The van der Waals surface area contributed by atoms with Crippen LogP contribution in [-0.4, -0.2) is 30.5 Å². The van der Waals surface area contributed by atoms with Crippen LogP contribution in [0.4, 0.5) is 5.69 Å². The standard InChI is InChI=1S/C17H16N2O6/c1-24-15-4-2-3-13(9-15)17(21)18-10-16(20)25-11-12-5-7-14(8-6-12)19(22)23/h2-9H,10-11H2,1H3,(H,18,21). The first-order valence-corrected chi connectivity index (χ1v) is 7.31. The molecule has 130 valence electrons. The summed E-state index contributed by atoms with van der Waals surface area (Å²) in [4.78, 5) is 33.7. The van der Waals surface area contributed by atoms with E-state index in [9.17, 15) is 19.7 Å².